The van der Waals surface area contributed by atoms with Crippen LogP contribution in [0.5, 0.6) is 0 Å². The van der Waals surface area contributed by atoms with Crippen molar-refractivity contribution >= 4 is 21.4 Å². The number of rotatable bonds is 4. The first-order chi connectivity index (χ1) is 9.77. The van der Waals surface area contributed by atoms with Crippen LogP contribution in [0.25, 0.3) is 0 Å². The van der Waals surface area contributed by atoms with Crippen LogP contribution < -0.4 is 5.32 Å². The minimum Gasteiger partial charge on any atom is -0.388 e. The lowest BCUT2D eigenvalue weighted by Gasteiger charge is -2.16. The highest BCUT2D eigenvalue weighted by atomic mass is 32.2. The van der Waals surface area contributed by atoms with Crippen LogP contribution in [0.2, 0.25) is 0 Å². The normalized spacial score (nSPS) is 23.2. The Hall–Kier alpha value is -1.67. The van der Waals surface area contributed by atoms with Crippen molar-refractivity contribution in [3.63, 3.8) is 0 Å². The van der Waals surface area contributed by atoms with Gasteiger partial charge in [-0.3, -0.25) is 10.1 Å². The van der Waals surface area contributed by atoms with Gasteiger partial charge in [-0.25, -0.2) is 8.42 Å². The summed E-state index contributed by atoms with van der Waals surface area (Å²) < 4.78 is 26.6. The summed E-state index contributed by atoms with van der Waals surface area (Å²) in [6.07, 6.45) is 0. The topological polar surface area (TPSA) is 92.6 Å². The minimum absolute atomic E-state index is 0.243. The molecule has 1 heterocycles. The Labute approximate surface area is 124 Å². The fraction of sp³-hybridized carbons (Fsp3) is 0.538. The van der Waals surface area contributed by atoms with E-state index in [0.29, 0.717) is 18.8 Å². The lowest BCUT2D eigenvalue weighted by Crippen LogP contribution is -2.29. The molecule has 0 saturated carbocycles. The van der Waals surface area contributed by atoms with Gasteiger partial charge in [0.15, 0.2) is 4.90 Å². The van der Waals surface area contributed by atoms with E-state index in [-0.39, 0.29) is 16.7 Å². The van der Waals surface area contributed by atoms with Gasteiger partial charge in [-0.15, -0.1) is 0 Å². The third-order valence-corrected chi connectivity index (χ3v) is 5.90. The summed E-state index contributed by atoms with van der Waals surface area (Å²) in [6, 6.07) is 4.07. The molecule has 21 heavy (non-hydrogen) atoms. The second-order valence-corrected chi connectivity index (χ2v) is 7.37. The molecule has 0 radical (unpaired) electrons. The van der Waals surface area contributed by atoms with Gasteiger partial charge in [0.05, 0.1) is 4.92 Å². The van der Waals surface area contributed by atoms with Crippen molar-refractivity contribution < 1.29 is 13.3 Å². The Balaban J connectivity index is 2.48. The maximum Gasteiger partial charge on any atom is 0.291 e. The van der Waals surface area contributed by atoms with E-state index in [9.17, 15) is 18.5 Å². The molecule has 0 amide bonds. The van der Waals surface area contributed by atoms with Crippen LogP contribution in [0.1, 0.15) is 13.8 Å². The van der Waals surface area contributed by atoms with E-state index in [4.69, 9.17) is 0 Å². The van der Waals surface area contributed by atoms with Gasteiger partial charge in [-0.1, -0.05) is 13.8 Å². The quantitative estimate of drug-likeness (QED) is 0.677. The summed E-state index contributed by atoms with van der Waals surface area (Å²) in [5.41, 5.74) is 0.109. The molecule has 2 unspecified atom stereocenters. The van der Waals surface area contributed by atoms with Gasteiger partial charge in [-0.2, -0.15) is 4.31 Å². The summed E-state index contributed by atoms with van der Waals surface area (Å²) >= 11 is 0. The van der Waals surface area contributed by atoms with Crippen LogP contribution in [0.3, 0.4) is 0 Å². The maximum absolute atomic E-state index is 12.7. The SMILES string of the molecule is CNc1ccc(S(=O)(=O)N2CC(C)C(C)C2)c([N+](=O)[O-])c1. The Bertz CT molecular complexity index is 649. The monoisotopic (exact) mass is 313 g/mol. The summed E-state index contributed by atoms with van der Waals surface area (Å²) in [5, 5.41) is 13.9. The number of nitrogens with zero attached hydrogens (tertiary/aromatic N) is 2. The molecule has 0 aromatic heterocycles. The second-order valence-electron chi connectivity index (χ2n) is 5.47. The lowest BCUT2D eigenvalue weighted by atomic mass is 10.0. The minimum atomic E-state index is -3.84. The van der Waals surface area contributed by atoms with Gasteiger partial charge in [0.25, 0.3) is 5.69 Å². The average Bonchev–Trinajstić information content (AvgIpc) is 2.78. The fourth-order valence-electron chi connectivity index (χ4n) is 2.45. The molecule has 1 saturated heterocycles. The predicted octanol–water partition coefficient (Wildman–Crippen LogP) is 1.91. The second kappa shape index (κ2) is 5.61. The van der Waals surface area contributed by atoms with E-state index in [1.165, 1.54) is 22.5 Å². The third kappa shape index (κ3) is 2.86. The number of hydrogen-bond acceptors (Lipinski definition) is 5. The third-order valence-electron chi connectivity index (χ3n) is 4.02. The van der Waals surface area contributed by atoms with Crippen LogP contribution in [0.4, 0.5) is 11.4 Å². The van der Waals surface area contributed by atoms with E-state index < -0.39 is 20.6 Å². The molecule has 0 spiro atoms. The van der Waals surface area contributed by atoms with Crippen molar-refractivity contribution in [3.05, 3.63) is 28.3 Å². The van der Waals surface area contributed by atoms with Crippen molar-refractivity contribution in [3.8, 4) is 0 Å². The zero-order valence-corrected chi connectivity index (χ0v) is 13.1. The molecule has 1 aromatic rings. The van der Waals surface area contributed by atoms with E-state index in [1.54, 1.807) is 7.05 Å². The Morgan fingerprint density at radius 1 is 1.29 bits per heavy atom. The average molecular weight is 313 g/mol. The highest BCUT2D eigenvalue weighted by Crippen LogP contribution is 2.33. The van der Waals surface area contributed by atoms with Crippen molar-refractivity contribution in [2.24, 2.45) is 11.8 Å². The smallest absolute Gasteiger partial charge is 0.291 e. The van der Waals surface area contributed by atoms with Crippen LogP contribution in [0.15, 0.2) is 23.1 Å². The van der Waals surface area contributed by atoms with Crippen LogP contribution in [-0.2, 0) is 10.0 Å². The molecule has 2 rings (SSSR count). The van der Waals surface area contributed by atoms with Crippen LogP contribution in [-0.4, -0.2) is 37.8 Å². The standard InChI is InChI=1S/C13H19N3O4S/c1-9-7-15(8-10(9)2)21(19,20)13-5-4-11(14-3)6-12(13)16(17)18/h4-6,9-10,14H,7-8H2,1-3H3. The Morgan fingerprint density at radius 2 is 1.86 bits per heavy atom. The molecule has 0 bridgehead atoms. The predicted molar refractivity (Wildman–Crippen MR) is 79.7 cm³/mol. The molecule has 8 heteroatoms. The number of benzene rings is 1. The van der Waals surface area contributed by atoms with Crippen molar-refractivity contribution in [1.82, 2.24) is 4.31 Å². The first kappa shape index (κ1) is 15.7. The lowest BCUT2D eigenvalue weighted by molar-refractivity contribution is -0.387. The first-order valence-corrected chi connectivity index (χ1v) is 8.17. The van der Waals surface area contributed by atoms with Crippen molar-refractivity contribution in [1.29, 1.82) is 0 Å². The Kier molecular flexibility index (Phi) is 4.20. The summed E-state index contributed by atoms with van der Waals surface area (Å²) in [6.45, 7) is 4.76. The fourth-order valence-corrected chi connectivity index (χ4v) is 4.22. The molecule has 0 aliphatic carbocycles. The molecular weight excluding hydrogens is 294 g/mol. The van der Waals surface area contributed by atoms with Gasteiger partial charge in [0.1, 0.15) is 0 Å². The van der Waals surface area contributed by atoms with Gasteiger partial charge in [-0.05, 0) is 24.0 Å². The number of sulfonamides is 1. The van der Waals surface area contributed by atoms with E-state index >= 15 is 0 Å². The number of hydrogen-bond donors (Lipinski definition) is 1. The summed E-state index contributed by atoms with van der Waals surface area (Å²) in [5.74, 6) is 0.492. The van der Waals surface area contributed by atoms with E-state index in [2.05, 4.69) is 5.32 Å². The van der Waals surface area contributed by atoms with Gasteiger partial charge in [0, 0.05) is 31.9 Å². The molecule has 1 aliphatic rings. The highest BCUT2D eigenvalue weighted by Gasteiger charge is 2.38. The van der Waals surface area contributed by atoms with Gasteiger partial charge >= 0.3 is 0 Å². The number of anilines is 1. The molecule has 7 nitrogen and oxygen atoms in total. The van der Waals surface area contributed by atoms with Crippen LogP contribution in [0, 0.1) is 22.0 Å². The molecule has 1 N–H and O–H groups in total. The summed E-state index contributed by atoms with van der Waals surface area (Å²) in [7, 11) is -2.22. The van der Waals surface area contributed by atoms with Gasteiger partial charge < -0.3 is 5.32 Å². The number of nitrogens with one attached hydrogen (secondary N) is 1. The van der Waals surface area contributed by atoms with Gasteiger partial charge in [0.2, 0.25) is 10.0 Å². The Morgan fingerprint density at radius 3 is 2.33 bits per heavy atom. The zero-order valence-electron chi connectivity index (χ0n) is 12.2. The molecule has 1 fully saturated rings. The van der Waals surface area contributed by atoms with Crippen molar-refractivity contribution in [2.45, 2.75) is 18.7 Å². The first-order valence-electron chi connectivity index (χ1n) is 6.73. The highest BCUT2D eigenvalue weighted by molar-refractivity contribution is 7.89. The molecular formula is C13H19N3O4S. The molecule has 116 valence electrons. The molecule has 1 aliphatic heterocycles. The van der Waals surface area contributed by atoms with E-state index in [1.807, 2.05) is 13.8 Å². The molecule has 1 aromatic carbocycles. The van der Waals surface area contributed by atoms with Crippen LogP contribution >= 0.6 is 0 Å². The van der Waals surface area contributed by atoms with Crippen molar-refractivity contribution in [2.75, 3.05) is 25.5 Å². The molecule has 2 atom stereocenters. The van der Waals surface area contributed by atoms with E-state index in [0.717, 1.165) is 0 Å². The maximum atomic E-state index is 12.7. The summed E-state index contributed by atoms with van der Waals surface area (Å²) in [4.78, 5) is 10.3. The number of nitro groups is 1. The zero-order chi connectivity index (χ0) is 15.8. The number of nitro benzene ring substituents is 1. The largest absolute Gasteiger partial charge is 0.388 e.